The highest BCUT2D eigenvalue weighted by atomic mass is 19.1. The van der Waals surface area contributed by atoms with Crippen molar-refractivity contribution in [2.45, 2.75) is 18.7 Å². The number of aromatic amines is 1. The van der Waals surface area contributed by atoms with E-state index >= 15 is 0 Å². The van der Waals surface area contributed by atoms with Gasteiger partial charge in [-0.1, -0.05) is 0 Å². The number of nitrogens with zero attached hydrogens (tertiary/aromatic N) is 1. The number of rotatable bonds is 2. The summed E-state index contributed by atoms with van der Waals surface area (Å²) in [5.41, 5.74) is 0.193. The fourth-order valence-corrected chi connectivity index (χ4v) is 1.45. The van der Waals surface area contributed by atoms with E-state index in [4.69, 9.17) is 9.94 Å². The van der Waals surface area contributed by atoms with Crippen LogP contribution in [0, 0.1) is 5.82 Å². The number of carboxylic acids is 1. The predicted molar refractivity (Wildman–Crippen MR) is 50.6 cm³/mol. The first-order valence-corrected chi connectivity index (χ1v) is 4.64. The van der Waals surface area contributed by atoms with Crippen molar-refractivity contribution in [3.63, 3.8) is 0 Å². The van der Waals surface area contributed by atoms with Crippen LogP contribution in [0.2, 0.25) is 0 Å². The second kappa shape index (κ2) is 4.11. The quantitative estimate of drug-likeness (QED) is 0.587. The highest BCUT2D eigenvalue weighted by Gasteiger charge is 2.32. The summed E-state index contributed by atoms with van der Waals surface area (Å²) in [6, 6.07) is -0.984. The molecular formula is C8H8FN3O5. The van der Waals surface area contributed by atoms with Crippen LogP contribution in [0.1, 0.15) is 12.6 Å². The second-order valence-electron chi connectivity index (χ2n) is 3.46. The van der Waals surface area contributed by atoms with Gasteiger partial charge in [-0.3, -0.25) is 24.0 Å². The number of hydroxylamine groups is 1. The molecule has 0 spiro atoms. The van der Waals surface area contributed by atoms with Crippen LogP contribution in [-0.4, -0.2) is 26.7 Å². The largest absolute Gasteiger partial charge is 0.480 e. The van der Waals surface area contributed by atoms with Crippen LogP contribution in [0.4, 0.5) is 4.39 Å². The third kappa shape index (κ3) is 2.10. The number of carboxylic acid groups (broad SMARTS) is 1. The smallest absolute Gasteiger partial charge is 0.330 e. The number of halogens is 1. The van der Waals surface area contributed by atoms with E-state index in [-0.39, 0.29) is 6.42 Å². The van der Waals surface area contributed by atoms with E-state index < -0.39 is 35.3 Å². The minimum Gasteiger partial charge on any atom is -0.480 e. The zero-order valence-corrected chi connectivity index (χ0v) is 8.34. The monoisotopic (exact) mass is 245 g/mol. The summed E-state index contributed by atoms with van der Waals surface area (Å²) in [5, 5.41) is 8.68. The number of H-pyrrole nitrogens is 1. The van der Waals surface area contributed by atoms with Crippen molar-refractivity contribution >= 4 is 5.97 Å². The van der Waals surface area contributed by atoms with Crippen molar-refractivity contribution in [3.8, 4) is 0 Å². The Labute approximate surface area is 92.6 Å². The van der Waals surface area contributed by atoms with Gasteiger partial charge in [0, 0.05) is 6.42 Å². The molecule has 1 aliphatic rings. The first kappa shape index (κ1) is 11.5. The van der Waals surface area contributed by atoms with Crippen LogP contribution in [0.25, 0.3) is 0 Å². The summed E-state index contributed by atoms with van der Waals surface area (Å²) in [6.45, 7) is 0. The molecule has 0 aromatic carbocycles. The van der Waals surface area contributed by atoms with Crippen LogP contribution < -0.4 is 16.7 Å². The molecule has 0 aliphatic carbocycles. The number of carbonyl (C=O) groups is 1. The SMILES string of the molecule is O=C(O)[C@H]1C[C@@H](n2cc(F)c(=O)[nH]c2=O)ON1. The Bertz CT molecular complexity index is 565. The summed E-state index contributed by atoms with van der Waals surface area (Å²) in [5.74, 6) is -2.29. The predicted octanol–water partition coefficient (Wildman–Crippen LogP) is -1.45. The van der Waals surface area contributed by atoms with E-state index in [9.17, 15) is 18.8 Å². The first-order chi connectivity index (χ1) is 7.99. The Kier molecular flexibility index (Phi) is 2.77. The van der Waals surface area contributed by atoms with Gasteiger partial charge in [0.1, 0.15) is 6.04 Å². The van der Waals surface area contributed by atoms with Gasteiger partial charge in [0.15, 0.2) is 6.23 Å². The van der Waals surface area contributed by atoms with E-state index in [0.29, 0.717) is 6.20 Å². The van der Waals surface area contributed by atoms with E-state index in [1.54, 1.807) is 4.98 Å². The second-order valence-corrected chi connectivity index (χ2v) is 3.46. The summed E-state index contributed by atoms with van der Waals surface area (Å²) < 4.78 is 13.8. The van der Waals surface area contributed by atoms with Crippen LogP contribution in [0.3, 0.4) is 0 Å². The van der Waals surface area contributed by atoms with Crippen LogP contribution in [0.15, 0.2) is 15.8 Å². The van der Waals surface area contributed by atoms with E-state index in [1.165, 1.54) is 0 Å². The first-order valence-electron chi connectivity index (χ1n) is 4.64. The van der Waals surface area contributed by atoms with Crippen molar-refractivity contribution in [3.05, 3.63) is 32.9 Å². The molecule has 2 heterocycles. The molecule has 1 aromatic heterocycles. The highest BCUT2D eigenvalue weighted by Crippen LogP contribution is 2.19. The van der Waals surface area contributed by atoms with Crippen molar-refractivity contribution in [1.82, 2.24) is 15.0 Å². The molecule has 1 saturated heterocycles. The number of nitrogens with one attached hydrogen (secondary N) is 2. The number of hydrogen-bond acceptors (Lipinski definition) is 5. The van der Waals surface area contributed by atoms with Gasteiger partial charge in [-0.05, 0) is 0 Å². The Balaban J connectivity index is 2.31. The summed E-state index contributed by atoms with van der Waals surface area (Å²) in [4.78, 5) is 39.3. The van der Waals surface area contributed by atoms with Gasteiger partial charge in [0.05, 0.1) is 6.20 Å². The average Bonchev–Trinajstić information content (AvgIpc) is 2.72. The van der Waals surface area contributed by atoms with E-state index in [1.807, 2.05) is 0 Å². The van der Waals surface area contributed by atoms with Gasteiger partial charge in [0.2, 0.25) is 5.82 Å². The third-order valence-electron chi connectivity index (χ3n) is 2.32. The molecule has 8 nitrogen and oxygen atoms in total. The van der Waals surface area contributed by atoms with Gasteiger partial charge >= 0.3 is 11.7 Å². The van der Waals surface area contributed by atoms with Crippen molar-refractivity contribution in [1.29, 1.82) is 0 Å². The lowest BCUT2D eigenvalue weighted by molar-refractivity contribution is -0.140. The number of aromatic nitrogens is 2. The molecule has 2 atom stereocenters. The minimum absolute atomic E-state index is 0.0548. The van der Waals surface area contributed by atoms with Gasteiger partial charge < -0.3 is 5.11 Å². The lowest BCUT2D eigenvalue weighted by Crippen LogP contribution is -2.33. The Hall–Kier alpha value is -2.00. The van der Waals surface area contributed by atoms with Crippen LogP contribution in [0.5, 0.6) is 0 Å². The molecule has 0 radical (unpaired) electrons. The molecule has 0 bridgehead atoms. The Morgan fingerprint density at radius 3 is 2.88 bits per heavy atom. The maximum atomic E-state index is 13.0. The van der Waals surface area contributed by atoms with Gasteiger partial charge in [-0.25, -0.2) is 4.79 Å². The number of hydrogen-bond donors (Lipinski definition) is 3. The number of aliphatic carboxylic acids is 1. The fraction of sp³-hybridized carbons (Fsp3) is 0.375. The van der Waals surface area contributed by atoms with Crippen molar-refractivity contribution < 1.29 is 19.1 Å². The standard InChI is InChI=1S/C8H8FN3O5/c9-3-2-12(8(16)10-6(3)13)5-1-4(7(14)15)11-17-5/h2,4-5,11H,1H2,(H,14,15)(H,10,13,16)/t4-,5+/m1/s1. The van der Waals surface area contributed by atoms with Gasteiger partial charge in [-0.2, -0.15) is 9.87 Å². The van der Waals surface area contributed by atoms with E-state index in [0.717, 1.165) is 4.57 Å². The molecule has 0 amide bonds. The summed E-state index contributed by atoms with van der Waals surface area (Å²) in [7, 11) is 0. The van der Waals surface area contributed by atoms with Crippen molar-refractivity contribution in [2.75, 3.05) is 0 Å². The molecule has 0 saturated carbocycles. The fourth-order valence-electron chi connectivity index (χ4n) is 1.45. The Morgan fingerprint density at radius 2 is 2.29 bits per heavy atom. The lowest BCUT2D eigenvalue weighted by atomic mass is 10.2. The summed E-state index contributed by atoms with van der Waals surface area (Å²) in [6.07, 6.45) is -0.353. The third-order valence-corrected chi connectivity index (χ3v) is 2.32. The molecule has 1 fully saturated rings. The van der Waals surface area contributed by atoms with Crippen molar-refractivity contribution in [2.24, 2.45) is 0 Å². The topological polar surface area (TPSA) is 113 Å². The van der Waals surface area contributed by atoms with Crippen LogP contribution in [-0.2, 0) is 9.63 Å². The molecular weight excluding hydrogens is 237 g/mol. The normalized spacial score (nSPS) is 23.8. The molecule has 9 heteroatoms. The van der Waals surface area contributed by atoms with Gasteiger partial charge in [0.25, 0.3) is 5.56 Å². The Morgan fingerprint density at radius 1 is 1.59 bits per heavy atom. The minimum atomic E-state index is -1.15. The zero-order valence-electron chi connectivity index (χ0n) is 8.34. The van der Waals surface area contributed by atoms with Crippen LogP contribution >= 0.6 is 0 Å². The summed E-state index contributed by atoms with van der Waals surface area (Å²) >= 11 is 0. The average molecular weight is 245 g/mol. The van der Waals surface area contributed by atoms with E-state index in [2.05, 4.69) is 5.48 Å². The maximum Gasteiger partial charge on any atom is 0.330 e. The lowest BCUT2D eigenvalue weighted by Gasteiger charge is -2.10. The molecule has 17 heavy (non-hydrogen) atoms. The molecule has 1 aliphatic heterocycles. The molecule has 92 valence electrons. The molecule has 3 N–H and O–H groups in total. The maximum absolute atomic E-state index is 13.0. The van der Waals surface area contributed by atoms with Gasteiger partial charge in [-0.15, -0.1) is 0 Å². The molecule has 0 unspecified atom stereocenters. The molecule has 1 aromatic rings. The molecule has 2 rings (SSSR count). The zero-order chi connectivity index (χ0) is 12.6. The highest BCUT2D eigenvalue weighted by molar-refractivity contribution is 5.73.